The normalized spacial score (nSPS) is 10.5. The molecule has 0 aliphatic rings. The lowest BCUT2D eigenvalue weighted by molar-refractivity contribution is 0.0526. The number of nitrogens with zero attached hydrogens (tertiary/aromatic N) is 1. The Morgan fingerprint density at radius 3 is 2.27 bits per heavy atom. The lowest BCUT2D eigenvalue weighted by atomic mass is 10.1. The van der Waals surface area contributed by atoms with Gasteiger partial charge in [-0.1, -0.05) is 48.7 Å². The summed E-state index contributed by atoms with van der Waals surface area (Å²) in [5.74, 6) is -0.197. The number of nitrogens with one attached hydrogen (secondary N) is 1. The van der Waals surface area contributed by atoms with Gasteiger partial charge in [-0.15, -0.1) is 0 Å². The van der Waals surface area contributed by atoms with Crippen molar-refractivity contribution in [3.8, 4) is 5.75 Å². The topological polar surface area (TPSA) is 67.9 Å². The largest absolute Gasteiger partial charge is 0.494 e. The Balaban J connectivity index is 1.85. The number of hydrogen-bond acceptors (Lipinski definition) is 5. The van der Waals surface area contributed by atoms with Crippen LogP contribution in [0.25, 0.3) is 0 Å². The van der Waals surface area contributed by atoms with Gasteiger partial charge in [-0.3, -0.25) is 10.1 Å². The van der Waals surface area contributed by atoms with Crippen molar-refractivity contribution in [2.45, 2.75) is 33.2 Å². The molecule has 0 radical (unpaired) electrons. The zero-order chi connectivity index (χ0) is 26.8. The predicted molar refractivity (Wildman–Crippen MR) is 152 cm³/mol. The number of rotatable bonds is 10. The van der Waals surface area contributed by atoms with Gasteiger partial charge in [0.25, 0.3) is 5.91 Å². The Kier molecular flexibility index (Phi) is 10.7. The summed E-state index contributed by atoms with van der Waals surface area (Å²) in [6, 6.07) is 18.9. The van der Waals surface area contributed by atoms with E-state index in [0.29, 0.717) is 44.8 Å². The third-order valence-corrected chi connectivity index (χ3v) is 6.43. The van der Waals surface area contributed by atoms with Crippen LogP contribution in [0.3, 0.4) is 0 Å². The molecule has 0 unspecified atom stereocenters. The van der Waals surface area contributed by atoms with Gasteiger partial charge in [0.15, 0.2) is 5.11 Å². The zero-order valence-corrected chi connectivity index (χ0v) is 23.0. The summed E-state index contributed by atoms with van der Waals surface area (Å²) in [6.45, 7) is 4.87. The second-order valence-electron chi connectivity index (χ2n) is 8.04. The molecule has 6 nitrogen and oxygen atoms in total. The molecule has 3 aromatic rings. The molecule has 3 aromatic carbocycles. The number of amides is 1. The van der Waals surface area contributed by atoms with Gasteiger partial charge < -0.3 is 14.4 Å². The third kappa shape index (κ3) is 7.92. The van der Waals surface area contributed by atoms with Crippen molar-refractivity contribution in [1.82, 2.24) is 5.32 Å². The highest BCUT2D eigenvalue weighted by Crippen LogP contribution is 2.28. The molecule has 0 saturated carbocycles. The molecule has 0 atom stereocenters. The van der Waals surface area contributed by atoms with Gasteiger partial charge in [0, 0.05) is 26.9 Å². The number of esters is 1. The number of benzene rings is 3. The fourth-order valence-electron chi connectivity index (χ4n) is 3.41. The van der Waals surface area contributed by atoms with Crippen molar-refractivity contribution in [2.24, 2.45) is 0 Å². The molecule has 0 aliphatic carbocycles. The van der Waals surface area contributed by atoms with Crippen molar-refractivity contribution in [2.75, 3.05) is 18.1 Å². The first-order chi connectivity index (χ1) is 17.8. The Hall–Kier alpha value is -3.13. The molecule has 0 aliphatic heterocycles. The van der Waals surface area contributed by atoms with E-state index in [4.69, 9.17) is 44.9 Å². The smallest absolute Gasteiger partial charge is 0.338 e. The van der Waals surface area contributed by atoms with E-state index in [-0.39, 0.29) is 24.2 Å². The second-order valence-corrected chi connectivity index (χ2v) is 9.24. The van der Waals surface area contributed by atoms with E-state index in [1.165, 1.54) is 0 Å². The van der Waals surface area contributed by atoms with Crippen molar-refractivity contribution >= 4 is 58.1 Å². The number of ether oxygens (including phenoxy) is 2. The van der Waals surface area contributed by atoms with Crippen molar-refractivity contribution < 1.29 is 19.1 Å². The average molecular weight is 560 g/mol. The van der Waals surface area contributed by atoms with E-state index in [1.54, 1.807) is 72.5 Å². The number of halogens is 2. The van der Waals surface area contributed by atoms with Crippen LogP contribution < -0.4 is 15.0 Å². The lowest BCUT2D eigenvalue weighted by Crippen LogP contribution is -2.42. The molecule has 1 amide bonds. The first-order valence-corrected chi connectivity index (χ1v) is 13.1. The Bertz CT molecular complexity index is 1230. The van der Waals surface area contributed by atoms with Crippen molar-refractivity contribution in [1.29, 1.82) is 0 Å². The molecule has 3 rings (SSSR count). The van der Waals surface area contributed by atoms with Crippen LogP contribution >= 0.6 is 35.4 Å². The molecular formula is C28H28Cl2N2O4S. The highest BCUT2D eigenvalue weighted by Gasteiger charge is 2.20. The molecule has 37 heavy (non-hydrogen) atoms. The average Bonchev–Trinajstić information content (AvgIpc) is 2.89. The lowest BCUT2D eigenvalue weighted by Gasteiger charge is -2.26. The van der Waals surface area contributed by atoms with Crippen LogP contribution in [-0.4, -0.2) is 30.2 Å². The summed E-state index contributed by atoms with van der Waals surface area (Å²) in [5, 5.41) is 3.86. The predicted octanol–water partition coefficient (Wildman–Crippen LogP) is 7.07. The number of thiocarbonyl (C=S) groups is 1. The summed E-state index contributed by atoms with van der Waals surface area (Å²) >= 11 is 18.5. The number of carbonyl (C=O) groups excluding carboxylic acids is 2. The molecule has 0 fully saturated rings. The highest BCUT2D eigenvalue weighted by atomic mass is 35.5. The summed E-state index contributed by atoms with van der Waals surface area (Å²) in [5.41, 5.74) is 2.08. The van der Waals surface area contributed by atoms with E-state index in [9.17, 15) is 9.59 Å². The van der Waals surface area contributed by atoms with Gasteiger partial charge in [-0.2, -0.15) is 0 Å². The zero-order valence-electron chi connectivity index (χ0n) is 20.6. The molecule has 0 saturated heterocycles. The van der Waals surface area contributed by atoms with Gasteiger partial charge in [0.2, 0.25) is 0 Å². The third-order valence-electron chi connectivity index (χ3n) is 5.40. The molecule has 0 heterocycles. The summed E-state index contributed by atoms with van der Waals surface area (Å²) in [7, 11) is 0. The maximum atomic E-state index is 13.1. The molecule has 0 spiro atoms. The van der Waals surface area contributed by atoms with E-state index in [1.807, 2.05) is 6.07 Å². The minimum Gasteiger partial charge on any atom is -0.494 e. The van der Waals surface area contributed by atoms with Gasteiger partial charge in [-0.05, 0) is 80.2 Å². The second kappa shape index (κ2) is 14.0. The van der Waals surface area contributed by atoms with Crippen LogP contribution in [0.5, 0.6) is 5.75 Å². The number of carbonyl (C=O) groups is 2. The fraction of sp³-hybridized carbons (Fsp3) is 0.250. The van der Waals surface area contributed by atoms with E-state index < -0.39 is 5.97 Å². The molecule has 1 N–H and O–H groups in total. The van der Waals surface area contributed by atoms with Crippen LogP contribution in [-0.2, 0) is 11.3 Å². The monoisotopic (exact) mass is 558 g/mol. The molecule has 194 valence electrons. The van der Waals surface area contributed by atoms with Crippen LogP contribution in [0, 0.1) is 0 Å². The Labute approximate surface area is 232 Å². The maximum absolute atomic E-state index is 13.1. The van der Waals surface area contributed by atoms with E-state index in [2.05, 4.69) is 12.2 Å². The fourth-order valence-corrected chi connectivity index (χ4v) is 4.19. The van der Waals surface area contributed by atoms with Crippen LogP contribution in [0.2, 0.25) is 10.0 Å². The Morgan fingerprint density at radius 2 is 1.62 bits per heavy atom. The van der Waals surface area contributed by atoms with Gasteiger partial charge >= 0.3 is 5.97 Å². The summed E-state index contributed by atoms with van der Waals surface area (Å²) < 4.78 is 10.8. The SMILES string of the molecule is CCCCOc1cccc(C(=O)NC(=S)N(Cc2c(Cl)cccc2Cl)c2ccc(C(=O)OCC)cc2)c1. The Morgan fingerprint density at radius 1 is 0.946 bits per heavy atom. The van der Waals surface area contributed by atoms with Gasteiger partial charge in [0.05, 0.1) is 25.3 Å². The first kappa shape index (κ1) is 28.4. The standard InChI is InChI=1S/C28H28Cl2N2O4S/c1-3-5-16-36-22-9-6-8-20(17-22)26(33)31-28(37)32(18-23-24(29)10-7-11-25(23)30)21-14-12-19(13-15-21)27(34)35-4-2/h6-15,17H,3-5,16,18H2,1-2H3,(H,31,33,37). The minimum atomic E-state index is -0.424. The number of unbranched alkanes of at least 4 members (excludes halogenated alkanes) is 1. The highest BCUT2D eigenvalue weighted by molar-refractivity contribution is 7.80. The van der Waals surface area contributed by atoms with Crippen molar-refractivity contribution in [3.05, 3.63) is 93.5 Å². The quantitative estimate of drug-likeness (QED) is 0.163. The van der Waals surface area contributed by atoms with E-state index in [0.717, 1.165) is 12.8 Å². The van der Waals surface area contributed by atoms with Crippen molar-refractivity contribution in [3.63, 3.8) is 0 Å². The van der Waals surface area contributed by atoms with E-state index >= 15 is 0 Å². The van der Waals surface area contributed by atoms with Crippen LogP contribution in [0.4, 0.5) is 5.69 Å². The maximum Gasteiger partial charge on any atom is 0.338 e. The molecule has 0 bridgehead atoms. The minimum absolute atomic E-state index is 0.141. The summed E-state index contributed by atoms with van der Waals surface area (Å²) in [6.07, 6.45) is 1.94. The number of anilines is 1. The number of hydrogen-bond donors (Lipinski definition) is 1. The molecule has 9 heteroatoms. The first-order valence-electron chi connectivity index (χ1n) is 11.9. The summed E-state index contributed by atoms with van der Waals surface area (Å²) in [4.78, 5) is 26.9. The van der Waals surface area contributed by atoms with Crippen LogP contribution in [0.1, 0.15) is 53.0 Å². The van der Waals surface area contributed by atoms with Gasteiger partial charge in [0.1, 0.15) is 5.75 Å². The van der Waals surface area contributed by atoms with Crippen LogP contribution in [0.15, 0.2) is 66.7 Å². The molecular weight excluding hydrogens is 531 g/mol. The van der Waals surface area contributed by atoms with Gasteiger partial charge in [-0.25, -0.2) is 4.79 Å². The molecule has 0 aromatic heterocycles.